The minimum atomic E-state index is -0.830. The highest BCUT2D eigenvalue weighted by molar-refractivity contribution is 6.18. The fourth-order valence-electron chi connectivity index (χ4n) is 5.47. The van der Waals surface area contributed by atoms with Crippen LogP contribution in [0.1, 0.15) is 66.2 Å². The number of halogens is 1. The van der Waals surface area contributed by atoms with E-state index in [0.29, 0.717) is 5.92 Å². The zero-order valence-electron chi connectivity index (χ0n) is 15.3. The molecular formula is C19H31ClO4. The van der Waals surface area contributed by atoms with Crippen LogP contribution in [0, 0.1) is 28.1 Å². The third-order valence-electron chi connectivity index (χ3n) is 7.59. The van der Waals surface area contributed by atoms with E-state index in [2.05, 4.69) is 13.8 Å². The highest BCUT2D eigenvalue weighted by Crippen LogP contribution is 2.64. The van der Waals surface area contributed by atoms with Gasteiger partial charge in [0.05, 0.1) is 6.10 Å². The van der Waals surface area contributed by atoms with E-state index in [4.69, 9.17) is 11.6 Å². The van der Waals surface area contributed by atoms with Crippen molar-refractivity contribution in [1.29, 1.82) is 0 Å². The Kier molecular flexibility index (Phi) is 5.42. The third-order valence-corrected chi connectivity index (χ3v) is 7.88. The Labute approximate surface area is 150 Å². The van der Waals surface area contributed by atoms with Crippen LogP contribution in [-0.2, 0) is 9.59 Å². The molecule has 2 aliphatic rings. The number of carboxylic acid groups (broad SMARTS) is 1. The van der Waals surface area contributed by atoms with Crippen molar-refractivity contribution in [2.75, 3.05) is 5.88 Å². The van der Waals surface area contributed by atoms with Gasteiger partial charge in [0.1, 0.15) is 5.78 Å². The molecule has 0 radical (unpaired) electrons. The van der Waals surface area contributed by atoms with Crippen LogP contribution in [0.4, 0.5) is 0 Å². The summed E-state index contributed by atoms with van der Waals surface area (Å²) < 4.78 is 0. The first-order chi connectivity index (χ1) is 11.0. The molecule has 0 aromatic carbocycles. The number of carbonyl (C=O) groups excluding carboxylic acids is 1. The van der Waals surface area contributed by atoms with Gasteiger partial charge in [-0.3, -0.25) is 9.59 Å². The molecule has 2 N–H and O–H groups in total. The molecule has 2 aliphatic carbocycles. The standard InChI is InChI=1S/C19H31ClO4/c1-12(21)18(3)6-5-13-10-17(2,15(22)11-20)7-8-19(13,4)14(18)9-16(23)24/h13-15,22H,5-11H2,1-4H3,(H,23,24)/t13-,14-,15?,17-,18+,19-/m0/s1. The predicted octanol–water partition coefficient (Wildman–Crippen LogP) is 3.88. The lowest BCUT2D eigenvalue weighted by Gasteiger charge is -2.60. The molecule has 0 aromatic heterocycles. The van der Waals surface area contributed by atoms with Crippen LogP contribution in [0.2, 0.25) is 0 Å². The highest BCUT2D eigenvalue weighted by Gasteiger charge is 2.59. The van der Waals surface area contributed by atoms with Gasteiger partial charge in [0.15, 0.2) is 0 Å². The van der Waals surface area contributed by atoms with E-state index in [9.17, 15) is 19.8 Å². The number of hydrogen-bond acceptors (Lipinski definition) is 3. The number of carboxylic acids is 1. The molecule has 0 spiro atoms. The smallest absolute Gasteiger partial charge is 0.303 e. The average Bonchev–Trinajstić information content (AvgIpc) is 2.51. The first-order valence-corrected chi connectivity index (χ1v) is 9.50. The van der Waals surface area contributed by atoms with Crippen molar-refractivity contribution in [3.63, 3.8) is 0 Å². The van der Waals surface area contributed by atoms with E-state index in [1.807, 2.05) is 6.92 Å². The number of fused-ring (bicyclic) bond motifs is 1. The molecule has 0 amide bonds. The molecular weight excluding hydrogens is 328 g/mol. The van der Waals surface area contributed by atoms with Gasteiger partial charge in [-0.05, 0) is 61.7 Å². The Balaban J connectivity index is 2.36. The molecule has 4 nitrogen and oxygen atoms in total. The van der Waals surface area contributed by atoms with Crippen molar-refractivity contribution in [3.8, 4) is 0 Å². The van der Waals surface area contributed by atoms with Gasteiger partial charge >= 0.3 is 5.97 Å². The molecule has 0 saturated heterocycles. The number of hydrogen-bond donors (Lipinski definition) is 2. The molecule has 0 aliphatic heterocycles. The average molecular weight is 359 g/mol. The maximum atomic E-state index is 12.4. The van der Waals surface area contributed by atoms with E-state index < -0.39 is 17.5 Å². The zero-order chi connectivity index (χ0) is 18.3. The second-order valence-electron chi connectivity index (χ2n) is 8.89. The maximum Gasteiger partial charge on any atom is 0.303 e. The van der Waals surface area contributed by atoms with Crippen LogP contribution in [-0.4, -0.2) is 33.9 Å². The summed E-state index contributed by atoms with van der Waals surface area (Å²) in [6, 6.07) is 0. The number of alkyl halides is 1. The fraction of sp³-hybridized carbons (Fsp3) is 0.895. The summed E-state index contributed by atoms with van der Waals surface area (Å²) in [7, 11) is 0. The van der Waals surface area contributed by atoms with E-state index >= 15 is 0 Å². The van der Waals surface area contributed by atoms with Crippen LogP contribution in [0.15, 0.2) is 0 Å². The number of aliphatic hydroxyl groups is 1. The second-order valence-corrected chi connectivity index (χ2v) is 9.20. The minimum Gasteiger partial charge on any atom is -0.481 e. The van der Waals surface area contributed by atoms with Gasteiger partial charge in [-0.25, -0.2) is 0 Å². The van der Waals surface area contributed by atoms with E-state index in [1.165, 1.54) is 0 Å². The molecule has 0 aromatic rings. The highest BCUT2D eigenvalue weighted by atomic mass is 35.5. The Morgan fingerprint density at radius 1 is 1.21 bits per heavy atom. The summed E-state index contributed by atoms with van der Waals surface area (Å²) in [5.41, 5.74) is -0.964. The lowest BCUT2D eigenvalue weighted by Crippen LogP contribution is -2.56. The fourth-order valence-corrected chi connectivity index (χ4v) is 5.84. The zero-order valence-corrected chi connectivity index (χ0v) is 16.0. The normalized spacial score (nSPS) is 43.8. The van der Waals surface area contributed by atoms with Crippen molar-refractivity contribution in [2.24, 2.45) is 28.1 Å². The van der Waals surface area contributed by atoms with Crippen molar-refractivity contribution in [1.82, 2.24) is 0 Å². The Hall–Kier alpha value is -0.610. The van der Waals surface area contributed by atoms with Gasteiger partial charge < -0.3 is 10.2 Å². The monoisotopic (exact) mass is 358 g/mol. The summed E-state index contributed by atoms with van der Waals surface area (Å²) in [5, 5.41) is 19.8. The van der Waals surface area contributed by atoms with Crippen LogP contribution >= 0.6 is 11.6 Å². The van der Waals surface area contributed by atoms with Crippen molar-refractivity contribution in [2.45, 2.75) is 72.3 Å². The largest absolute Gasteiger partial charge is 0.481 e. The lowest BCUT2D eigenvalue weighted by atomic mass is 9.44. The van der Waals surface area contributed by atoms with Crippen LogP contribution in [0.5, 0.6) is 0 Å². The Morgan fingerprint density at radius 3 is 2.33 bits per heavy atom. The van der Waals surface area contributed by atoms with Gasteiger partial charge in [-0.15, -0.1) is 11.6 Å². The molecule has 2 saturated carbocycles. The number of ketones is 1. The Bertz CT molecular complexity index is 521. The van der Waals surface area contributed by atoms with Crippen molar-refractivity contribution in [3.05, 3.63) is 0 Å². The molecule has 2 rings (SSSR count). The van der Waals surface area contributed by atoms with Gasteiger partial charge in [0, 0.05) is 17.7 Å². The van der Waals surface area contributed by atoms with E-state index in [-0.39, 0.29) is 34.8 Å². The topological polar surface area (TPSA) is 74.6 Å². The molecule has 1 unspecified atom stereocenters. The Morgan fingerprint density at radius 2 is 1.83 bits per heavy atom. The summed E-state index contributed by atoms with van der Waals surface area (Å²) >= 11 is 5.90. The van der Waals surface area contributed by atoms with Crippen LogP contribution in [0.3, 0.4) is 0 Å². The van der Waals surface area contributed by atoms with Crippen LogP contribution in [0.25, 0.3) is 0 Å². The molecule has 24 heavy (non-hydrogen) atoms. The summed E-state index contributed by atoms with van der Waals surface area (Å²) in [5.74, 6) is -0.336. The molecule has 0 heterocycles. The minimum absolute atomic E-state index is 0.0395. The maximum absolute atomic E-state index is 12.4. The van der Waals surface area contributed by atoms with Crippen molar-refractivity contribution < 1.29 is 19.8 Å². The summed E-state index contributed by atoms with van der Waals surface area (Å²) in [6.07, 6.45) is 3.64. The van der Waals surface area contributed by atoms with Crippen LogP contribution < -0.4 is 0 Å². The lowest BCUT2D eigenvalue weighted by molar-refractivity contribution is -0.162. The van der Waals surface area contributed by atoms with Gasteiger partial charge in [0.25, 0.3) is 0 Å². The number of Topliss-reactive ketones (excluding diaryl/α,β-unsaturated/α-hetero) is 1. The van der Waals surface area contributed by atoms with Crippen molar-refractivity contribution >= 4 is 23.4 Å². The molecule has 5 heteroatoms. The SMILES string of the molecule is CC(=O)[C@@]1(C)CC[C@H]2C[C@@](C)(C(O)CCl)CC[C@]2(C)[C@H]1CC(=O)O. The number of carbonyl (C=O) groups is 2. The summed E-state index contributed by atoms with van der Waals surface area (Å²) in [6.45, 7) is 7.80. The molecule has 6 atom stereocenters. The molecule has 0 bridgehead atoms. The summed E-state index contributed by atoms with van der Waals surface area (Å²) in [4.78, 5) is 23.9. The second kappa shape index (κ2) is 6.60. The first-order valence-electron chi connectivity index (χ1n) is 8.96. The number of aliphatic carboxylic acids is 1. The van der Waals surface area contributed by atoms with Gasteiger partial charge in [-0.1, -0.05) is 20.8 Å². The van der Waals surface area contributed by atoms with Gasteiger partial charge in [-0.2, -0.15) is 0 Å². The third kappa shape index (κ3) is 3.12. The van der Waals surface area contributed by atoms with E-state index in [0.717, 1.165) is 32.1 Å². The first kappa shape index (κ1) is 19.7. The molecule has 138 valence electrons. The van der Waals surface area contributed by atoms with E-state index in [1.54, 1.807) is 6.92 Å². The quantitative estimate of drug-likeness (QED) is 0.731. The number of aliphatic hydroxyl groups excluding tert-OH is 1. The predicted molar refractivity (Wildman–Crippen MR) is 94.0 cm³/mol. The number of rotatable bonds is 5. The molecule has 2 fully saturated rings. The van der Waals surface area contributed by atoms with Gasteiger partial charge in [0.2, 0.25) is 0 Å².